The molecule has 0 aromatic heterocycles. The van der Waals surface area contributed by atoms with Gasteiger partial charge >= 0.3 is 11.9 Å². The summed E-state index contributed by atoms with van der Waals surface area (Å²) in [6.45, 7) is 0. The molecule has 2 N–H and O–H groups in total. The molecule has 204 valence electrons. The molecule has 0 unspecified atom stereocenters. The van der Waals surface area contributed by atoms with Crippen molar-refractivity contribution in [2.45, 2.75) is 0 Å². The molecule has 0 fully saturated rings. The number of ketones is 1. The number of amides is 4. The number of carbonyl (C=O) groups is 7. The van der Waals surface area contributed by atoms with Crippen molar-refractivity contribution in [1.29, 1.82) is 0 Å². The van der Waals surface area contributed by atoms with Gasteiger partial charge < -0.3 is 10.2 Å². The van der Waals surface area contributed by atoms with E-state index in [1.54, 1.807) is 0 Å². The Hall–Kier alpha value is -6.23. The van der Waals surface area contributed by atoms with E-state index in [0.29, 0.717) is 0 Å². The summed E-state index contributed by atoms with van der Waals surface area (Å²) >= 11 is 0. The second-order valence-corrected chi connectivity index (χ2v) is 9.38. The van der Waals surface area contributed by atoms with Crippen LogP contribution in [0.4, 0.5) is 11.4 Å². The van der Waals surface area contributed by atoms with Gasteiger partial charge in [0.1, 0.15) is 0 Å². The van der Waals surface area contributed by atoms with E-state index in [-0.39, 0.29) is 55.9 Å². The molecule has 11 heteroatoms. The van der Waals surface area contributed by atoms with Crippen LogP contribution in [0.2, 0.25) is 0 Å². The number of anilines is 2. The number of rotatable bonds is 6. The van der Waals surface area contributed by atoms with Gasteiger partial charge in [0.2, 0.25) is 0 Å². The lowest BCUT2D eigenvalue weighted by Crippen LogP contribution is -2.30. The van der Waals surface area contributed by atoms with E-state index >= 15 is 0 Å². The van der Waals surface area contributed by atoms with Gasteiger partial charge in [-0.15, -0.1) is 0 Å². The number of carboxylic acid groups (broad SMARTS) is 2. The third kappa shape index (κ3) is 3.79. The molecule has 4 aromatic carbocycles. The molecule has 4 amide bonds. The van der Waals surface area contributed by atoms with Crippen molar-refractivity contribution in [3.8, 4) is 0 Å². The molecular formula is C31H16N2O9. The SMILES string of the molecule is O=C(O)c1ccc(N2C(=O)c3cccc(C(=O)c4cccc5c4C(=O)N(c4ccc(C(=O)O)cc4)C5=O)c3C2=O)cc1. The highest BCUT2D eigenvalue weighted by atomic mass is 16.4. The quantitative estimate of drug-likeness (QED) is 0.262. The van der Waals surface area contributed by atoms with Crippen LogP contribution >= 0.6 is 0 Å². The molecule has 4 aromatic rings. The summed E-state index contributed by atoms with van der Waals surface area (Å²) in [5.41, 5.74) is -0.680. The van der Waals surface area contributed by atoms with E-state index in [4.69, 9.17) is 10.2 Å². The number of hydrogen-bond acceptors (Lipinski definition) is 7. The zero-order valence-electron chi connectivity index (χ0n) is 21.2. The number of imide groups is 2. The standard InChI is InChI=1S/C31H16N2O9/c34-25(19-3-1-5-21-23(19)28(37)32(26(21)35)17-11-7-15(8-12-17)30(39)40)20-4-2-6-22-24(20)29(38)33(27(22)36)18-13-9-16(10-14-18)31(41)42/h1-14H,(H,39,40)(H,41,42). The van der Waals surface area contributed by atoms with Crippen molar-refractivity contribution in [3.63, 3.8) is 0 Å². The molecule has 0 bridgehead atoms. The number of carboxylic acids is 2. The molecule has 2 aliphatic heterocycles. The summed E-state index contributed by atoms with van der Waals surface area (Å²) < 4.78 is 0. The molecule has 0 aliphatic carbocycles. The highest BCUT2D eigenvalue weighted by Gasteiger charge is 2.43. The van der Waals surface area contributed by atoms with Crippen LogP contribution in [0.3, 0.4) is 0 Å². The molecule has 2 aliphatic rings. The van der Waals surface area contributed by atoms with E-state index in [1.807, 2.05) is 0 Å². The van der Waals surface area contributed by atoms with Gasteiger partial charge in [-0.3, -0.25) is 24.0 Å². The van der Waals surface area contributed by atoms with E-state index in [0.717, 1.165) is 9.80 Å². The van der Waals surface area contributed by atoms with Crippen molar-refractivity contribution in [1.82, 2.24) is 0 Å². The molecule has 42 heavy (non-hydrogen) atoms. The van der Waals surface area contributed by atoms with E-state index in [1.165, 1.54) is 84.9 Å². The Labute approximate surface area is 235 Å². The normalized spacial score (nSPS) is 13.8. The molecule has 2 heterocycles. The van der Waals surface area contributed by atoms with Gasteiger partial charge in [0.15, 0.2) is 5.78 Å². The number of aromatic carboxylic acids is 2. The molecular weight excluding hydrogens is 544 g/mol. The zero-order chi connectivity index (χ0) is 29.9. The predicted molar refractivity (Wildman–Crippen MR) is 145 cm³/mol. The Bertz CT molecular complexity index is 1790. The third-order valence-corrected chi connectivity index (χ3v) is 7.06. The first kappa shape index (κ1) is 26.0. The average Bonchev–Trinajstić information content (AvgIpc) is 3.41. The van der Waals surface area contributed by atoms with Crippen LogP contribution < -0.4 is 9.80 Å². The van der Waals surface area contributed by atoms with Gasteiger partial charge in [0.05, 0.1) is 44.8 Å². The van der Waals surface area contributed by atoms with Gasteiger partial charge in [0, 0.05) is 11.1 Å². The molecule has 6 rings (SSSR count). The second kappa shape index (κ2) is 9.45. The van der Waals surface area contributed by atoms with Gasteiger partial charge in [-0.25, -0.2) is 19.4 Å². The summed E-state index contributed by atoms with van der Waals surface area (Å²) in [4.78, 5) is 91.4. The summed E-state index contributed by atoms with van der Waals surface area (Å²) in [5.74, 6) is -6.18. The first-order valence-corrected chi connectivity index (χ1v) is 12.3. The van der Waals surface area contributed by atoms with Crippen molar-refractivity contribution in [2.24, 2.45) is 0 Å². The predicted octanol–water partition coefficient (Wildman–Crippen LogP) is 3.92. The van der Waals surface area contributed by atoms with Crippen LogP contribution in [0.15, 0.2) is 84.9 Å². The van der Waals surface area contributed by atoms with Crippen molar-refractivity contribution in [2.75, 3.05) is 9.80 Å². The number of fused-ring (bicyclic) bond motifs is 2. The number of carbonyl (C=O) groups excluding carboxylic acids is 5. The minimum Gasteiger partial charge on any atom is -0.478 e. The summed E-state index contributed by atoms with van der Waals surface area (Å²) in [6, 6.07) is 18.5. The summed E-state index contributed by atoms with van der Waals surface area (Å²) in [5, 5.41) is 18.3. The molecule has 11 nitrogen and oxygen atoms in total. The fourth-order valence-electron chi connectivity index (χ4n) is 5.07. The lowest BCUT2D eigenvalue weighted by atomic mass is 9.92. The maximum absolute atomic E-state index is 13.9. The number of nitrogens with zero attached hydrogens (tertiary/aromatic N) is 2. The van der Waals surface area contributed by atoms with Crippen molar-refractivity contribution < 1.29 is 43.8 Å². The van der Waals surface area contributed by atoms with Crippen molar-refractivity contribution >= 4 is 52.7 Å². The first-order chi connectivity index (χ1) is 20.1. The first-order valence-electron chi connectivity index (χ1n) is 12.3. The molecule has 0 atom stereocenters. The number of hydrogen-bond donors (Lipinski definition) is 2. The number of benzene rings is 4. The van der Waals surface area contributed by atoms with Crippen LogP contribution in [-0.2, 0) is 0 Å². The second-order valence-electron chi connectivity index (χ2n) is 9.38. The van der Waals surface area contributed by atoms with Crippen LogP contribution in [0.5, 0.6) is 0 Å². The van der Waals surface area contributed by atoms with Crippen LogP contribution in [0.25, 0.3) is 0 Å². The molecule has 0 spiro atoms. The van der Waals surface area contributed by atoms with Crippen molar-refractivity contribution in [3.05, 3.63) is 129 Å². The smallest absolute Gasteiger partial charge is 0.335 e. The van der Waals surface area contributed by atoms with Gasteiger partial charge in [-0.2, -0.15) is 0 Å². The van der Waals surface area contributed by atoms with E-state index in [2.05, 4.69) is 0 Å². The Kier molecular flexibility index (Phi) is 5.85. The molecule has 0 radical (unpaired) electrons. The lowest BCUT2D eigenvalue weighted by molar-refractivity contribution is 0.0686. The fourth-order valence-corrected chi connectivity index (χ4v) is 5.07. The zero-order valence-corrected chi connectivity index (χ0v) is 21.2. The minimum absolute atomic E-state index is 0.0461. The molecule has 0 saturated carbocycles. The Morgan fingerprint density at radius 1 is 0.476 bits per heavy atom. The summed E-state index contributed by atoms with van der Waals surface area (Å²) in [6.07, 6.45) is 0. The van der Waals surface area contributed by atoms with Gasteiger partial charge in [-0.05, 0) is 60.7 Å². The van der Waals surface area contributed by atoms with Crippen LogP contribution in [0.1, 0.15) is 78.1 Å². The third-order valence-electron chi connectivity index (χ3n) is 7.06. The van der Waals surface area contributed by atoms with Crippen LogP contribution in [-0.4, -0.2) is 51.6 Å². The Morgan fingerprint density at radius 3 is 1.17 bits per heavy atom. The topological polar surface area (TPSA) is 166 Å². The van der Waals surface area contributed by atoms with E-state index < -0.39 is 41.4 Å². The Balaban J connectivity index is 1.39. The maximum atomic E-state index is 13.9. The highest BCUT2D eigenvalue weighted by Crippen LogP contribution is 2.35. The van der Waals surface area contributed by atoms with Gasteiger partial charge in [-0.1, -0.05) is 24.3 Å². The molecule has 0 saturated heterocycles. The Morgan fingerprint density at radius 2 is 0.833 bits per heavy atom. The fraction of sp³-hybridized carbons (Fsp3) is 0. The van der Waals surface area contributed by atoms with E-state index in [9.17, 15) is 33.6 Å². The maximum Gasteiger partial charge on any atom is 0.335 e. The van der Waals surface area contributed by atoms with Crippen LogP contribution in [0, 0.1) is 0 Å². The average molecular weight is 560 g/mol. The van der Waals surface area contributed by atoms with Gasteiger partial charge in [0.25, 0.3) is 23.6 Å². The highest BCUT2D eigenvalue weighted by molar-refractivity contribution is 6.40. The largest absolute Gasteiger partial charge is 0.478 e. The lowest BCUT2D eigenvalue weighted by Gasteiger charge is -2.14. The monoisotopic (exact) mass is 560 g/mol. The summed E-state index contributed by atoms with van der Waals surface area (Å²) in [7, 11) is 0. The minimum atomic E-state index is -1.18.